The summed E-state index contributed by atoms with van der Waals surface area (Å²) in [5, 5.41) is 0. The summed E-state index contributed by atoms with van der Waals surface area (Å²) in [6.07, 6.45) is 0.553. The molecule has 0 aliphatic carbocycles. The first kappa shape index (κ1) is 20.7. The van der Waals surface area contributed by atoms with Gasteiger partial charge in [-0.1, -0.05) is 18.2 Å². The van der Waals surface area contributed by atoms with E-state index in [1.807, 2.05) is 0 Å². The second kappa shape index (κ2) is 7.47. The van der Waals surface area contributed by atoms with Gasteiger partial charge in [-0.3, -0.25) is 9.69 Å². The number of amides is 1. The molecule has 6 nitrogen and oxygen atoms in total. The lowest BCUT2D eigenvalue weighted by Crippen LogP contribution is -2.46. The van der Waals surface area contributed by atoms with Crippen LogP contribution in [0.5, 0.6) is 0 Å². The van der Waals surface area contributed by atoms with Crippen LogP contribution in [0.15, 0.2) is 76.5 Å². The molecule has 3 aromatic carbocycles. The predicted octanol–water partition coefficient (Wildman–Crippen LogP) is 4.07. The maximum absolute atomic E-state index is 13.9. The number of sulfone groups is 1. The minimum absolute atomic E-state index is 0.0421. The molecule has 1 fully saturated rings. The van der Waals surface area contributed by atoms with Gasteiger partial charge in [0.2, 0.25) is 9.84 Å². The van der Waals surface area contributed by atoms with Crippen molar-refractivity contribution in [2.45, 2.75) is 22.0 Å². The summed E-state index contributed by atoms with van der Waals surface area (Å²) in [5.74, 6) is -4.69. The van der Waals surface area contributed by atoms with Crippen LogP contribution in [0.4, 0.5) is 20.2 Å². The molecule has 32 heavy (non-hydrogen) atoms. The second-order valence-corrected chi connectivity index (χ2v) is 9.35. The number of hydrogen-bond acceptors (Lipinski definition) is 5. The van der Waals surface area contributed by atoms with Crippen LogP contribution in [-0.4, -0.2) is 27.5 Å². The number of nitrogens with zero attached hydrogens (tertiary/aromatic N) is 1. The zero-order chi connectivity index (χ0) is 22.5. The lowest BCUT2D eigenvalue weighted by atomic mass is 10.1. The first-order valence-electron chi connectivity index (χ1n) is 9.87. The Morgan fingerprint density at radius 1 is 0.844 bits per heavy atom. The number of halogens is 2. The molecule has 0 atom stereocenters. The summed E-state index contributed by atoms with van der Waals surface area (Å²) in [4.78, 5) is 14.7. The van der Waals surface area contributed by atoms with Crippen molar-refractivity contribution in [2.75, 3.05) is 18.1 Å². The molecule has 2 heterocycles. The standard InChI is InChI=1S/C23H17F2NO5S/c24-19-9-7-15(13-20(19)25)26-21-10-8-17(32(28,29)16-5-2-1-3-6-16)14-18(21)23(22(26)27)30-11-4-12-31-23/h1-3,5-10,13-14H,4,11-12H2. The van der Waals surface area contributed by atoms with Crippen molar-refractivity contribution < 1.29 is 31.5 Å². The number of carbonyl (C=O) groups is 1. The van der Waals surface area contributed by atoms with Crippen molar-refractivity contribution in [3.63, 3.8) is 0 Å². The van der Waals surface area contributed by atoms with Crippen molar-refractivity contribution in [2.24, 2.45) is 0 Å². The first-order chi connectivity index (χ1) is 15.3. The monoisotopic (exact) mass is 457 g/mol. The molecule has 1 amide bonds. The van der Waals surface area contributed by atoms with Crippen LogP contribution in [0.1, 0.15) is 12.0 Å². The summed E-state index contributed by atoms with van der Waals surface area (Å²) in [7, 11) is -3.88. The van der Waals surface area contributed by atoms with Crippen LogP contribution in [0, 0.1) is 11.6 Å². The largest absolute Gasteiger partial charge is 0.338 e. The summed E-state index contributed by atoms with van der Waals surface area (Å²) in [5.41, 5.74) is 0.544. The number of anilines is 2. The Labute approximate surface area is 182 Å². The average Bonchev–Trinajstić information content (AvgIpc) is 3.04. The Bertz CT molecular complexity index is 1320. The van der Waals surface area contributed by atoms with Gasteiger partial charge in [0.25, 0.3) is 11.7 Å². The van der Waals surface area contributed by atoms with Crippen molar-refractivity contribution in [3.8, 4) is 0 Å². The molecule has 2 aliphatic rings. The van der Waals surface area contributed by atoms with Gasteiger partial charge in [0.15, 0.2) is 11.6 Å². The van der Waals surface area contributed by atoms with E-state index in [2.05, 4.69) is 0 Å². The topological polar surface area (TPSA) is 72.9 Å². The fourth-order valence-electron chi connectivity index (χ4n) is 3.94. The van der Waals surface area contributed by atoms with Crippen molar-refractivity contribution in [3.05, 3.63) is 83.9 Å². The van der Waals surface area contributed by atoms with Crippen LogP contribution < -0.4 is 4.90 Å². The van der Waals surface area contributed by atoms with Crippen LogP contribution in [0.2, 0.25) is 0 Å². The van der Waals surface area contributed by atoms with E-state index < -0.39 is 33.2 Å². The summed E-state index contributed by atoms with van der Waals surface area (Å²) in [6.45, 7) is 0.429. The van der Waals surface area contributed by atoms with Gasteiger partial charge >= 0.3 is 0 Å². The molecule has 0 radical (unpaired) electrons. The second-order valence-electron chi connectivity index (χ2n) is 7.40. The molecule has 0 N–H and O–H groups in total. The van der Waals surface area contributed by atoms with Crippen molar-refractivity contribution >= 4 is 27.1 Å². The fourth-order valence-corrected chi connectivity index (χ4v) is 5.25. The molecule has 1 saturated heterocycles. The Morgan fingerprint density at radius 3 is 2.25 bits per heavy atom. The molecular weight excluding hydrogens is 440 g/mol. The lowest BCUT2D eigenvalue weighted by molar-refractivity contribution is -0.256. The lowest BCUT2D eigenvalue weighted by Gasteiger charge is -2.32. The number of benzene rings is 3. The van der Waals surface area contributed by atoms with Gasteiger partial charge in [-0.05, 0) is 48.9 Å². The highest BCUT2D eigenvalue weighted by Crippen LogP contribution is 2.49. The van der Waals surface area contributed by atoms with Crippen molar-refractivity contribution in [1.82, 2.24) is 0 Å². The number of fused-ring (bicyclic) bond motifs is 2. The maximum Gasteiger partial charge on any atom is 0.297 e. The summed E-state index contributed by atoms with van der Waals surface area (Å²) >= 11 is 0. The highest BCUT2D eigenvalue weighted by Gasteiger charge is 2.55. The Kier molecular flexibility index (Phi) is 4.85. The van der Waals surface area contributed by atoms with E-state index in [-0.39, 0.29) is 39.9 Å². The molecule has 3 aromatic rings. The number of rotatable bonds is 3. The average molecular weight is 457 g/mol. The molecule has 0 unspecified atom stereocenters. The fraction of sp³-hybridized carbons (Fsp3) is 0.174. The molecular formula is C23H17F2NO5S. The minimum atomic E-state index is -3.88. The highest BCUT2D eigenvalue weighted by atomic mass is 32.2. The van der Waals surface area contributed by atoms with Crippen LogP contribution in [0.3, 0.4) is 0 Å². The van der Waals surface area contributed by atoms with Gasteiger partial charge in [0.1, 0.15) is 0 Å². The SMILES string of the molecule is O=C1N(c2ccc(F)c(F)c2)c2ccc(S(=O)(=O)c3ccccc3)cc2C12OCCCO2. The normalized spacial score (nSPS) is 17.6. The van der Waals surface area contributed by atoms with E-state index in [1.165, 1.54) is 36.4 Å². The van der Waals surface area contributed by atoms with E-state index in [4.69, 9.17) is 9.47 Å². The Balaban J connectivity index is 1.69. The molecule has 0 bridgehead atoms. The van der Waals surface area contributed by atoms with Crippen LogP contribution in [-0.2, 0) is 29.9 Å². The molecule has 0 aromatic heterocycles. The summed E-state index contributed by atoms with van der Waals surface area (Å²) in [6, 6.07) is 15.1. The van der Waals surface area contributed by atoms with Crippen LogP contribution >= 0.6 is 0 Å². The maximum atomic E-state index is 13.9. The van der Waals surface area contributed by atoms with E-state index in [0.717, 1.165) is 17.0 Å². The van der Waals surface area contributed by atoms with Gasteiger partial charge in [-0.15, -0.1) is 0 Å². The number of carbonyl (C=O) groups excluding carboxylic acids is 1. The van der Waals surface area contributed by atoms with Crippen LogP contribution in [0.25, 0.3) is 0 Å². The van der Waals surface area contributed by atoms with Crippen molar-refractivity contribution in [1.29, 1.82) is 0 Å². The van der Waals surface area contributed by atoms with Gasteiger partial charge in [-0.25, -0.2) is 17.2 Å². The van der Waals surface area contributed by atoms with E-state index in [1.54, 1.807) is 18.2 Å². The van der Waals surface area contributed by atoms with Gasteiger partial charge in [-0.2, -0.15) is 0 Å². The molecule has 0 saturated carbocycles. The van der Waals surface area contributed by atoms with Gasteiger partial charge < -0.3 is 9.47 Å². The summed E-state index contributed by atoms with van der Waals surface area (Å²) < 4.78 is 65.2. The molecule has 1 spiro atoms. The van der Waals surface area contributed by atoms with Gasteiger partial charge in [0, 0.05) is 11.6 Å². The third kappa shape index (κ3) is 3.04. The third-order valence-corrected chi connectivity index (χ3v) is 7.24. The minimum Gasteiger partial charge on any atom is -0.338 e. The molecule has 164 valence electrons. The quantitative estimate of drug-likeness (QED) is 0.593. The molecule has 5 rings (SSSR count). The van der Waals surface area contributed by atoms with E-state index >= 15 is 0 Å². The number of ether oxygens (including phenoxy) is 2. The van der Waals surface area contributed by atoms with E-state index in [9.17, 15) is 22.0 Å². The van der Waals surface area contributed by atoms with E-state index in [0.29, 0.717) is 6.42 Å². The number of hydrogen-bond donors (Lipinski definition) is 0. The van der Waals surface area contributed by atoms with Gasteiger partial charge in [0.05, 0.1) is 34.4 Å². The predicted molar refractivity (Wildman–Crippen MR) is 110 cm³/mol. The molecule has 9 heteroatoms. The Morgan fingerprint density at radius 2 is 1.56 bits per heavy atom. The Hall–Kier alpha value is -3.14. The third-order valence-electron chi connectivity index (χ3n) is 5.47. The zero-order valence-corrected chi connectivity index (χ0v) is 17.4. The first-order valence-corrected chi connectivity index (χ1v) is 11.4. The zero-order valence-electron chi connectivity index (χ0n) is 16.6. The molecule has 2 aliphatic heterocycles. The smallest absolute Gasteiger partial charge is 0.297 e. The highest BCUT2D eigenvalue weighted by molar-refractivity contribution is 7.91.